The summed E-state index contributed by atoms with van der Waals surface area (Å²) in [7, 11) is -4.64. The molecule has 0 bridgehead atoms. The van der Waals surface area contributed by atoms with E-state index in [4.69, 9.17) is 18.5 Å². The number of unbranched alkanes of at least 4 members (excludes halogenated alkanes) is 22. The summed E-state index contributed by atoms with van der Waals surface area (Å²) in [5, 5.41) is 19.2. The first-order chi connectivity index (χ1) is 28.8. The molecule has 0 saturated heterocycles. The number of ether oxygens (including phenoxy) is 2. The van der Waals surface area contributed by atoms with Crippen LogP contribution in [0.5, 0.6) is 0 Å². The van der Waals surface area contributed by atoms with Gasteiger partial charge in [0.25, 0.3) is 0 Å². The predicted octanol–water partition coefficient (Wildman–Crippen LogP) is 12.9. The molecule has 59 heavy (non-hydrogen) atoms. The number of hydrogen-bond acceptors (Lipinski definition) is 9. The molecule has 0 aliphatic carbocycles. The van der Waals surface area contributed by atoms with Crippen molar-refractivity contribution in [2.45, 2.75) is 219 Å². The van der Waals surface area contributed by atoms with E-state index in [1.165, 1.54) is 96.3 Å². The quantitative estimate of drug-likeness (QED) is 0.0234. The summed E-state index contributed by atoms with van der Waals surface area (Å²) in [4.78, 5) is 34.6. The van der Waals surface area contributed by atoms with Crippen LogP contribution in [0.2, 0.25) is 0 Å². The third-order valence-electron chi connectivity index (χ3n) is 10.1. The molecule has 3 atom stereocenters. The fourth-order valence-electron chi connectivity index (χ4n) is 6.46. The van der Waals surface area contributed by atoms with E-state index in [-0.39, 0.29) is 12.8 Å². The average molecular weight is 855 g/mol. The number of aliphatic hydroxyl groups is 2. The Morgan fingerprint density at radius 2 is 0.797 bits per heavy atom. The van der Waals surface area contributed by atoms with Crippen LogP contribution in [0.1, 0.15) is 206 Å². The lowest BCUT2D eigenvalue weighted by atomic mass is 10.0. The maximum atomic E-state index is 12.4. The predicted molar refractivity (Wildman–Crippen MR) is 242 cm³/mol. The summed E-state index contributed by atoms with van der Waals surface area (Å²) >= 11 is 0. The van der Waals surface area contributed by atoms with E-state index in [0.717, 1.165) is 70.6 Å². The molecule has 0 aliphatic rings. The largest absolute Gasteiger partial charge is 0.472 e. The lowest BCUT2D eigenvalue weighted by molar-refractivity contribution is -0.153. The Bertz CT molecular complexity index is 1120. The zero-order valence-electron chi connectivity index (χ0n) is 37.5. The Morgan fingerprint density at radius 1 is 0.475 bits per heavy atom. The van der Waals surface area contributed by atoms with Gasteiger partial charge < -0.3 is 24.6 Å². The molecule has 3 N–H and O–H groups in total. The number of phosphoric acid groups is 1. The van der Waals surface area contributed by atoms with E-state index in [0.29, 0.717) is 12.8 Å². The molecular formula is C48H87O10P. The topological polar surface area (TPSA) is 149 Å². The number of hydrogen-bond donors (Lipinski definition) is 3. The Kier molecular flexibility index (Phi) is 42.5. The van der Waals surface area contributed by atoms with Crippen molar-refractivity contribution in [3.8, 4) is 0 Å². The van der Waals surface area contributed by atoms with Crippen LogP contribution in [0.4, 0.5) is 0 Å². The first-order valence-corrected chi connectivity index (χ1v) is 25.1. The molecule has 3 unspecified atom stereocenters. The molecule has 0 aromatic rings. The van der Waals surface area contributed by atoms with Gasteiger partial charge >= 0.3 is 19.8 Å². The van der Waals surface area contributed by atoms with Gasteiger partial charge in [-0.15, -0.1) is 0 Å². The number of carbonyl (C=O) groups is 2. The van der Waals surface area contributed by atoms with Crippen molar-refractivity contribution in [3.63, 3.8) is 0 Å². The van der Waals surface area contributed by atoms with Gasteiger partial charge in [-0.25, -0.2) is 4.57 Å². The maximum Gasteiger partial charge on any atom is 0.472 e. The van der Waals surface area contributed by atoms with Crippen LogP contribution in [-0.2, 0) is 32.7 Å². The molecule has 0 heterocycles. The SMILES string of the molecule is CC/C=C\C/C=C\C/C=C\C/C=C\CCCCCCCCCCCCC(=O)OC(CO)COP(=O)(O)OCC(CO)OC(=O)CCCCCCCCCCCCCCC. The minimum Gasteiger partial charge on any atom is -0.457 e. The molecule has 0 aliphatic heterocycles. The molecule has 0 aromatic carbocycles. The maximum absolute atomic E-state index is 12.4. The standard InChI is InChI=1S/C48H87O10P/c1-3-5-7-9-11-13-15-17-18-19-20-21-22-23-24-25-26-28-30-32-34-36-38-40-48(52)58-46(42-50)44-56-59(53,54)55-43-45(41-49)57-47(51)39-37-35-33-31-29-27-16-14-12-10-8-6-4-2/h5,7,11,13,17-18,20-21,45-46,49-50H,3-4,6,8-10,12,14-16,19,22-44H2,1-2H3,(H,53,54)/b7-5-,13-11-,18-17-,21-20-. The molecule has 0 spiro atoms. The number of esters is 2. The highest BCUT2D eigenvalue weighted by Gasteiger charge is 2.27. The van der Waals surface area contributed by atoms with Gasteiger partial charge in [-0.1, -0.05) is 191 Å². The minimum atomic E-state index is -4.64. The summed E-state index contributed by atoms with van der Waals surface area (Å²) in [5.41, 5.74) is 0. The average Bonchev–Trinajstić information content (AvgIpc) is 3.22. The van der Waals surface area contributed by atoms with E-state index in [9.17, 15) is 29.3 Å². The zero-order chi connectivity index (χ0) is 43.3. The second-order valence-electron chi connectivity index (χ2n) is 15.7. The third kappa shape index (κ3) is 42.4. The molecule has 0 aromatic heterocycles. The number of phosphoric ester groups is 1. The summed E-state index contributed by atoms with van der Waals surface area (Å²) in [6.07, 6.45) is 48.0. The fraction of sp³-hybridized carbons (Fsp3) is 0.792. The normalized spacial score (nSPS) is 14.2. The molecule has 0 radical (unpaired) electrons. The van der Waals surface area contributed by atoms with Crippen LogP contribution in [0.25, 0.3) is 0 Å². The number of carbonyl (C=O) groups excluding carboxylic acids is 2. The van der Waals surface area contributed by atoms with Crippen molar-refractivity contribution in [1.82, 2.24) is 0 Å². The number of aliphatic hydroxyl groups excluding tert-OH is 2. The van der Waals surface area contributed by atoms with Crippen LogP contribution in [-0.4, -0.2) is 65.7 Å². The molecule has 0 saturated carbocycles. The van der Waals surface area contributed by atoms with Gasteiger partial charge in [-0.2, -0.15) is 0 Å². The van der Waals surface area contributed by atoms with Crippen molar-refractivity contribution in [1.29, 1.82) is 0 Å². The van der Waals surface area contributed by atoms with E-state index in [2.05, 4.69) is 62.5 Å². The summed E-state index contributed by atoms with van der Waals surface area (Å²) < 4.78 is 32.6. The second kappa shape index (κ2) is 44.0. The van der Waals surface area contributed by atoms with Gasteiger partial charge in [-0.05, 0) is 51.4 Å². The highest BCUT2D eigenvalue weighted by molar-refractivity contribution is 7.47. The minimum absolute atomic E-state index is 0.186. The van der Waals surface area contributed by atoms with Crippen LogP contribution in [0.3, 0.4) is 0 Å². The third-order valence-corrected chi connectivity index (χ3v) is 11.0. The Labute approximate surface area is 360 Å². The first kappa shape index (κ1) is 56.9. The fourth-order valence-corrected chi connectivity index (χ4v) is 7.24. The van der Waals surface area contributed by atoms with Crippen LogP contribution < -0.4 is 0 Å². The molecule has 344 valence electrons. The molecular weight excluding hydrogens is 767 g/mol. The number of rotatable bonds is 44. The van der Waals surface area contributed by atoms with Crippen LogP contribution in [0, 0.1) is 0 Å². The molecule has 0 amide bonds. The molecule has 11 heteroatoms. The smallest absolute Gasteiger partial charge is 0.457 e. The van der Waals surface area contributed by atoms with Gasteiger partial charge in [0.15, 0.2) is 0 Å². The van der Waals surface area contributed by atoms with E-state index >= 15 is 0 Å². The Hall–Kier alpha value is -2.07. The van der Waals surface area contributed by atoms with Gasteiger partial charge in [0.2, 0.25) is 0 Å². The second-order valence-corrected chi connectivity index (χ2v) is 17.2. The van der Waals surface area contributed by atoms with Gasteiger partial charge in [-0.3, -0.25) is 18.6 Å². The van der Waals surface area contributed by atoms with Gasteiger partial charge in [0, 0.05) is 12.8 Å². The van der Waals surface area contributed by atoms with Crippen molar-refractivity contribution in [3.05, 3.63) is 48.6 Å². The van der Waals surface area contributed by atoms with Crippen LogP contribution in [0.15, 0.2) is 48.6 Å². The lowest BCUT2D eigenvalue weighted by Crippen LogP contribution is -2.28. The Morgan fingerprint density at radius 3 is 1.15 bits per heavy atom. The summed E-state index contributed by atoms with van der Waals surface area (Å²) in [5.74, 6) is -1.02. The Balaban J connectivity index is 3.86. The van der Waals surface area contributed by atoms with Crippen molar-refractivity contribution in [2.24, 2.45) is 0 Å². The number of allylic oxidation sites excluding steroid dienone is 8. The highest BCUT2D eigenvalue weighted by atomic mass is 31.2. The molecule has 0 rings (SSSR count). The molecule has 10 nitrogen and oxygen atoms in total. The first-order valence-electron chi connectivity index (χ1n) is 23.6. The van der Waals surface area contributed by atoms with E-state index in [1.807, 2.05) is 0 Å². The van der Waals surface area contributed by atoms with E-state index in [1.54, 1.807) is 0 Å². The summed E-state index contributed by atoms with van der Waals surface area (Å²) in [6.45, 7) is 2.11. The van der Waals surface area contributed by atoms with E-state index < -0.39 is 58.4 Å². The zero-order valence-corrected chi connectivity index (χ0v) is 38.4. The highest BCUT2D eigenvalue weighted by Crippen LogP contribution is 2.43. The van der Waals surface area contributed by atoms with Crippen molar-refractivity contribution >= 4 is 19.8 Å². The van der Waals surface area contributed by atoms with Crippen molar-refractivity contribution < 1.29 is 47.8 Å². The van der Waals surface area contributed by atoms with Gasteiger partial charge in [0.05, 0.1) is 26.4 Å². The summed E-state index contributed by atoms with van der Waals surface area (Å²) in [6, 6.07) is 0. The van der Waals surface area contributed by atoms with Gasteiger partial charge in [0.1, 0.15) is 12.2 Å². The molecule has 0 fully saturated rings. The van der Waals surface area contributed by atoms with Crippen molar-refractivity contribution in [2.75, 3.05) is 26.4 Å². The lowest BCUT2D eigenvalue weighted by Gasteiger charge is -2.20. The monoisotopic (exact) mass is 855 g/mol. The van der Waals surface area contributed by atoms with Crippen LogP contribution >= 0.6 is 7.82 Å².